The van der Waals surface area contributed by atoms with E-state index in [1.54, 1.807) is 0 Å². The molecule has 1 unspecified atom stereocenters. The highest BCUT2D eigenvalue weighted by atomic mass is 16.5. The number of benzene rings is 1. The lowest BCUT2D eigenvalue weighted by Crippen LogP contribution is -2.42. The summed E-state index contributed by atoms with van der Waals surface area (Å²) in [4.78, 5) is 0. The summed E-state index contributed by atoms with van der Waals surface area (Å²) in [5, 5.41) is 3.56. The molecule has 1 aromatic rings. The molecule has 0 heterocycles. The first-order valence-corrected chi connectivity index (χ1v) is 8.25. The molecule has 0 amide bonds. The maximum Gasteiger partial charge on any atom is 0.122 e. The van der Waals surface area contributed by atoms with Crippen molar-refractivity contribution in [2.24, 2.45) is 0 Å². The fourth-order valence-corrected chi connectivity index (χ4v) is 2.23. The lowest BCUT2D eigenvalue weighted by atomic mass is 10.0. The van der Waals surface area contributed by atoms with Crippen LogP contribution in [-0.2, 0) is 0 Å². The molecular weight excluding hydrogens is 258 g/mol. The fraction of sp³-hybridized carbons (Fsp3) is 0.684. The van der Waals surface area contributed by atoms with Gasteiger partial charge in [0.1, 0.15) is 11.9 Å². The molecular formula is C19H33NO. The van der Waals surface area contributed by atoms with Gasteiger partial charge < -0.3 is 10.1 Å². The van der Waals surface area contributed by atoms with Crippen LogP contribution in [0.2, 0.25) is 0 Å². The normalized spacial score (nSPS) is 13.5. The summed E-state index contributed by atoms with van der Waals surface area (Å²) in [6.45, 7) is 16.3. The summed E-state index contributed by atoms with van der Waals surface area (Å²) < 4.78 is 6.31. The third kappa shape index (κ3) is 6.52. The smallest absolute Gasteiger partial charge is 0.122 e. The monoisotopic (exact) mass is 291 g/mol. The Bertz CT molecular complexity index is 432. The number of hydrogen-bond acceptors (Lipinski definition) is 2. The van der Waals surface area contributed by atoms with Crippen LogP contribution in [0.4, 0.5) is 0 Å². The van der Waals surface area contributed by atoms with Crippen molar-refractivity contribution in [1.82, 2.24) is 5.32 Å². The van der Waals surface area contributed by atoms with Crippen LogP contribution in [-0.4, -0.2) is 18.2 Å². The largest absolute Gasteiger partial charge is 0.489 e. The minimum atomic E-state index is 0.129. The highest BCUT2D eigenvalue weighted by Crippen LogP contribution is 2.25. The molecule has 0 aliphatic heterocycles. The molecule has 0 radical (unpaired) electrons. The van der Waals surface area contributed by atoms with Gasteiger partial charge in [0.25, 0.3) is 0 Å². The molecule has 1 N–H and O–H groups in total. The summed E-state index contributed by atoms with van der Waals surface area (Å²) in [5.74, 6) is 1.57. The lowest BCUT2D eigenvalue weighted by Gasteiger charge is -2.26. The molecule has 0 aliphatic rings. The second kappa shape index (κ2) is 7.84. The first-order valence-electron chi connectivity index (χ1n) is 8.25. The van der Waals surface area contributed by atoms with E-state index in [0.717, 1.165) is 25.1 Å². The van der Waals surface area contributed by atoms with Gasteiger partial charge >= 0.3 is 0 Å². The first-order chi connectivity index (χ1) is 9.73. The van der Waals surface area contributed by atoms with Crippen LogP contribution >= 0.6 is 0 Å². The summed E-state index contributed by atoms with van der Waals surface area (Å²) in [5.41, 5.74) is 2.69. The Hall–Kier alpha value is -1.02. The van der Waals surface area contributed by atoms with Gasteiger partial charge in [0.2, 0.25) is 0 Å². The van der Waals surface area contributed by atoms with Gasteiger partial charge in [-0.05, 0) is 57.2 Å². The van der Waals surface area contributed by atoms with E-state index in [4.69, 9.17) is 4.74 Å². The van der Waals surface area contributed by atoms with Gasteiger partial charge in [-0.15, -0.1) is 0 Å². The summed E-state index contributed by atoms with van der Waals surface area (Å²) >= 11 is 0. The van der Waals surface area contributed by atoms with Crippen LogP contribution in [0.5, 0.6) is 5.75 Å². The molecule has 21 heavy (non-hydrogen) atoms. The Morgan fingerprint density at radius 3 is 2.38 bits per heavy atom. The minimum Gasteiger partial charge on any atom is -0.489 e. The molecule has 1 aromatic carbocycles. The third-order valence-corrected chi connectivity index (χ3v) is 3.64. The Morgan fingerprint density at radius 2 is 1.86 bits per heavy atom. The Kier molecular flexibility index (Phi) is 6.73. The van der Waals surface area contributed by atoms with Crippen LogP contribution in [0, 0.1) is 6.92 Å². The zero-order valence-corrected chi connectivity index (χ0v) is 14.9. The van der Waals surface area contributed by atoms with Crippen molar-refractivity contribution in [3.63, 3.8) is 0 Å². The van der Waals surface area contributed by atoms with Crippen LogP contribution in [0.3, 0.4) is 0 Å². The highest BCUT2D eigenvalue weighted by Gasteiger charge is 2.16. The van der Waals surface area contributed by atoms with Gasteiger partial charge in [0.15, 0.2) is 0 Å². The quantitative estimate of drug-likeness (QED) is 0.758. The molecule has 0 saturated carbocycles. The number of nitrogens with one attached hydrogen (secondary N) is 1. The zero-order chi connectivity index (χ0) is 16.0. The number of aryl methyl sites for hydroxylation is 1. The van der Waals surface area contributed by atoms with Crippen molar-refractivity contribution in [2.45, 2.75) is 78.9 Å². The van der Waals surface area contributed by atoms with Crippen molar-refractivity contribution >= 4 is 0 Å². The van der Waals surface area contributed by atoms with Crippen molar-refractivity contribution < 1.29 is 4.74 Å². The molecule has 1 atom stereocenters. The lowest BCUT2D eigenvalue weighted by molar-refractivity contribution is 0.173. The molecule has 0 spiro atoms. The van der Waals surface area contributed by atoms with E-state index >= 15 is 0 Å². The zero-order valence-electron chi connectivity index (χ0n) is 14.9. The summed E-state index contributed by atoms with van der Waals surface area (Å²) in [6, 6.07) is 6.58. The van der Waals surface area contributed by atoms with Crippen LogP contribution in [0.1, 0.15) is 71.4 Å². The second-order valence-electron chi connectivity index (χ2n) is 7.34. The Balaban J connectivity index is 2.80. The van der Waals surface area contributed by atoms with E-state index in [1.165, 1.54) is 11.1 Å². The van der Waals surface area contributed by atoms with Gasteiger partial charge in [-0.3, -0.25) is 0 Å². The van der Waals surface area contributed by atoms with E-state index in [2.05, 4.69) is 72.0 Å². The average molecular weight is 291 g/mol. The van der Waals surface area contributed by atoms with E-state index in [0.29, 0.717) is 5.92 Å². The van der Waals surface area contributed by atoms with E-state index < -0.39 is 0 Å². The van der Waals surface area contributed by atoms with Crippen molar-refractivity contribution in [1.29, 1.82) is 0 Å². The maximum atomic E-state index is 6.31. The molecule has 0 aliphatic carbocycles. The van der Waals surface area contributed by atoms with Crippen LogP contribution in [0.15, 0.2) is 18.2 Å². The third-order valence-electron chi connectivity index (χ3n) is 3.64. The number of rotatable bonds is 7. The molecule has 0 aromatic heterocycles. The summed E-state index contributed by atoms with van der Waals surface area (Å²) in [6.07, 6.45) is 2.45. The maximum absolute atomic E-state index is 6.31. The number of hydrogen-bond donors (Lipinski definition) is 1. The SMILES string of the molecule is CCCC(CNC(C)(C)C)Oc1cc(C(C)C)ccc1C. The van der Waals surface area contributed by atoms with Crippen molar-refractivity contribution in [3.05, 3.63) is 29.3 Å². The topological polar surface area (TPSA) is 21.3 Å². The predicted molar refractivity (Wildman–Crippen MR) is 92.3 cm³/mol. The fourth-order valence-electron chi connectivity index (χ4n) is 2.23. The average Bonchev–Trinajstić information content (AvgIpc) is 2.37. The second-order valence-corrected chi connectivity index (χ2v) is 7.34. The molecule has 1 rings (SSSR count). The van der Waals surface area contributed by atoms with E-state index in [-0.39, 0.29) is 11.6 Å². The van der Waals surface area contributed by atoms with E-state index in [1.807, 2.05) is 0 Å². The molecule has 0 fully saturated rings. The Labute approximate surface area is 131 Å². The van der Waals surface area contributed by atoms with Crippen LogP contribution in [0.25, 0.3) is 0 Å². The highest BCUT2D eigenvalue weighted by molar-refractivity contribution is 5.38. The Morgan fingerprint density at radius 1 is 1.19 bits per heavy atom. The van der Waals surface area contributed by atoms with Crippen molar-refractivity contribution in [3.8, 4) is 5.75 Å². The van der Waals surface area contributed by atoms with E-state index in [9.17, 15) is 0 Å². The van der Waals surface area contributed by atoms with Crippen LogP contribution < -0.4 is 10.1 Å². The summed E-state index contributed by atoms with van der Waals surface area (Å²) in [7, 11) is 0. The van der Waals surface area contributed by atoms with Gasteiger partial charge in [-0.2, -0.15) is 0 Å². The molecule has 2 nitrogen and oxygen atoms in total. The van der Waals surface area contributed by atoms with Gasteiger partial charge in [-0.25, -0.2) is 0 Å². The van der Waals surface area contributed by atoms with Gasteiger partial charge in [0.05, 0.1) is 0 Å². The molecule has 120 valence electrons. The predicted octanol–water partition coefficient (Wildman–Crippen LogP) is 5.05. The molecule has 0 saturated heterocycles. The molecule has 0 bridgehead atoms. The van der Waals surface area contributed by atoms with Gasteiger partial charge in [0, 0.05) is 12.1 Å². The minimum absolute atomic E-state index is 0.129. The first kappa shape index (κ1) is 18.0. The van der Waals surface area contributed by atoms with Crippen molar-refractivity contribution in [2.75, 3.05) is 6.54 Å². The number of ether oxygens (including phenoxy) is 1. The molecule has 2 heteroatoms. The van der Waals surface area contributed by atoms with Gasteiger partial charge in [-0.1, -0.05) is 39.3 Å². The standard InChI is InChI=1S/C19H33NO/c1-8-9-17(13-20-19(5,6)7)21-18-12-16(14(2)3)11-10-15(18)4/h10-12,14,17,20H,8-9,13H2,1-7H3.